The maximum Gasteiger partial charge on any atom is 0.243 e. The van der Waals surface area contributed by atoms with Crippen LogP contribution in [0.3, 0.4) is 0 Å². The third kappa shape index (κ3) is 3.30. The fourth-order valence-electron chi connectivity index (χ4n) is 1.41. The highest BCUT2D eigenvalue weighted by molar-refractivity contribution is 6.00. The number of piperidine rings is 1. The van der Waals surface area contributed by atoms with Gasteiger partial charge in [0.1, 0.15) is 0 Å². The largest absolute Gasteiger partial charge is 0.306 e. The molecule has 1 rings (SSSR count). The normalized spacial score (nSPS) is 21.9. The van der Waals surface area contributed by atoms with Crippen molar-refractivity contribution in [3.05, 3.63) is 12.7 Å². The predicted octanol–water partition coefficient (Wildman–Crippen LogP) is 0.347. The number of carbonyl (C=O) groups excluding carboxylic acids is 2. The topological polar surface area (TPSA) is 58.2 Å². The van der Waals surface area contributed by atoms with Crippen LogP contribution in [-0.2, 0) is 9.59 Å². The van der Waals surface area contributed by atoms with Crippen molar-refractivity contribution in [1.82, 2.24) is 10.6 Å². The molecule has 0 aromatic heterocycles. The lowest BCUT2D eigenvalue weighted by atomic mass is 10.1. The highest BCUT2D eigenvalue weighted by Crippen LogP contribution is 2.04. The minimum Gasteiger partial charge on any atom is -0.306 e. The molecule has 0 aliphatic carbocycles. The summed E-state index contributed by atoms with van der Waals surface area (Å²) in [4.78, 5) is 22.1. The number of imide groups is 1. The van der Waals surface area contributed by atoms with E-state index in [1.54, 1.807) is 0 Å². The Balaban J connectivity index is 2.20. The highest BCUT2D eigenvalue weighted by atomic mass is 16.2. The van der Waals surface area contributed by atoms with E-state index in [9.17, 15) is 9.59 Å². The molecule has 4 nitrogen and oxygen atoms in total. The number of hydrogen-bond acceptors (Lipinski definition) is 3. The summed E-state index contributed by atoms with van der Waals surface area (Å²) in [7, 11) is 0. The van der Waals surface area contributed by atoms with E-state index >= 15 is 0 Å². The van der Waals surface area contributed by atoms with Gasteiger partial charge in [-0.05, 0) is 25.8 Å². The first-order chi connectivity index (χ1) is 6.74. The minimum absolute atomic E-state index is 0.167. The molecule has 1 aliphatic rings. The van der Waals surface area contributed by atoms with Gasteiger partial charge in [0.05, 0.1) is 6.04 Å². The fourth-order valence-corrected chi connectivity index (χ4v) is 1.41. The molecule has 1 heterocycles. The average molecular weight is 196 g/mol. The Hall–Kier alpha value is -1.16. The molecular weight excluding hydrogens is 180 g/mol. The summed E-state index contributed by atoms with van der Waals surface area (Å²) in [5.41, 5.74) is 0. The zero-order valence-electron chi connectivity index (χ0n) is 8.21. The Morgan fingerprint density at radius 3 is 3.00 bits per heavy atom. The summed E-state index contributed by atoms with van der Waals surface area (Å²) < 4.78 is 0. The number of nitrogens with one attached hydrogen (secondary N) is 2. The minimum atomic E-state index is -0.197. The van der Waals surface area contributed by atoms with Gasteiger partial charge in [-0.3, -0.25) is 14.9 Å². The van der Waals surface area contributed by atoms with Gasteiger partial charge in [0.2, 0.25) is 11.8 Å². The Morgan fingerprint density at radius 1 is 1.57 bits per heavy atom. The van der Waals surface area contributed by atoms with Gasteiger partial charge >= 0.3 is 0 Å². The van der Waals surface area contributed by atoms with Gasteiger partial charge in [-0.25, -0.2) is 0 Å². The molecule has 78 valence electrons. The van der Waals surface area contributed by atoms with Crippen molar-refractivity contribution in [2.75, 3.05) is 6.54 Å². The van der Waals surface area contributed by atoms with Crippen molar-refractivity contribution >= 4 is 11.8 Å². The van der Waals surface area contributed by atoms with Crippen molar-refractivity contribution < 1.29 is 9.59 Å². The molecule has 14 heavy (non-hydrogen) atoms. The van der Waals surface area contributed by atoms with Gasteiger partial charge in [-0.15, -0.1) is 6.58 Å². The van der Waals surface area contributed by atoms with E-state index in [4.69, 9.17) is 0 Å². The summed E-state index contributed by atoms with van der Waals surface area (Å²) >= 11 is 0. The van der Waals surface area contributed by atoms with E-state index in [-0.39, 0.29) is 17.9 Å². The molecule has 2 amide bonds. The number of hydrogen-bond donors (Lipinski definition) is 2. The third-order valence-electron chi connectivity index (χ3n) is 2.21. The molecule has 4 heteroatoms. The maximum atomic E-state index is 11.3. The first-order valence-electron chi connectivity index (χ1n) is 4.92. The number of rotatable bonds is 5. The van der Waals surface area contributed by atoms with Gasteiger partial charge in [0.25, 0.3) is 0 Å². The van der Waals surface area contributed by atoms with Crippen LogP contribution < -0.4 is 10.6 Å². The lowest BCUT2D eigenvalue weighted by Gasteiger charge is -2.21. The van der Waals surface area contributed by atoms with Crippen LogP contribution >= 0.6 is 0 Å². The van der Waals surface area contributed by atoms with Crippen LogP contribution in [0.2, 0.25) is 0 Å². The van der Waals surface area contributed by atoms with E-state index in [0.29, 0.717) is 12.8 Å². The molecule has 0 aromatic rings. The van der Waals surface area contributed by atoms with E-state index in [1.807, 2.05) is 6.08 Å². The second-order valence-electron chi connectivity index (χ2n) is 3.39. The van der Waals surface area contributed by atoms with Gasteiger partial charge < -0.3 is 5.32 Å². The second kappa shape index (κ2) is 5.54. The van der Waals surface area contributed by atoms with Crippen LogP contribution in [0.15, 0.2) is 12.7 Å². The molecule has 1 unspecified atom stereocenters. The highest BCUT2D eigenvalue weighted by Gasteiger charge is 2.25. The maximum absolute atomic E-state index is 11.3. The first-order valence-corrected chi connectivity index (χ1v) is 4.92. The SMILES string of the molecule is C=CCCCNC1CCC(=O)NC1=O. The molecule has 1 fully saturated rings. The lowest BCUT2D eigenvalue weighted by Crippen LogP contribution is -2.50. The quantitative estimate of drug-likeness (QED) is 0.379. The Bertz CT molecular complexity index is 238. The van der Waals surface area contributed by atoms with Crippen LogP contribution in [-0.4, -0.2) is 24.4 Å². The summed E-state index contributed by atoms with van der Waals surface area (Å²) in [5, 5.41) is 5.42. The Morgan fingerprint density at radius 2 is 2.36 bits per heavy atom. The molecular formula is C10H16N2O2. The monoisotopic (exact) mass is 196 g/mol. The van der Waals surface area contributed by atoms with E-state index in [0.717, 1.165) is 19.4 Å². The van der Waals surface area contributed by atoms with Crippen LogP contribution in [0, 0.1) is 0 Å². The van der Waals surface area contributed by atoms with Crippen LogP contribution in [0.1, 0.15) is 25.7 Å². The summed E-state index contributed by atoms with van der Waals surface area (Å²) in [6, 6.07) is -0.197. The number of allylic oxidation sites excluding steroid dienone is 1. The Labute approximate surface area is 83.8 Å². The van der Waals surface area contributed by atoms with Crippen molar-refractivity contribution in [1.29, 1.82) is 0 Å². The molecule has 1 aliphatic heterocycles. The number of amides is 2. The van der Waals surface area contributed by atoms with E-state index in [1.165, 1.54) is 0 Å². The summed E-state index contributed by atoms with van der Waals surface area (Å²) in [6.07, 6.45) is 4.82. The average Bonchev–Trinajstić information content (AvgIpc) is 2.15. The lowest BCUT2D eigenvalue weighted by molar-refractivity contribution is -0.134. The molecule has 0 saturated carbocycles. The van der Waals surface area contributed by atoms with Gasteiger partial charge in [-0.2, -0.15) is 0 Å². The molecule has 2 N–H and O–H groups in total. The van der Waals surface area contributed by atoms with Crippen LogP contribution in [0.5, 0.6) is 0 Å². The van der Waals surface area contributed by atoms with Crippen molar-refractivity contribution in [2.24, 2.45) is 0 Å². The summed E-state index contributed by atoms with van der Waals surface area (Å²) in [5.74, 6) is -0.362. The zero-order chi connectivity index (χ0) is 10.4. The smallest absolute Gasteiger partial charge is 0.243 e. The molecule has 0 bridgehead atoms. The second-order valence-corrected chi connectivity index (χ2v) is 3.39. The first kappa shape index (κ1) is 10.9. The van der Waals surface area contributed by atoms with Crippen LogP contribution in [0.25, 0.3) is 0 Å². The molecule has 0 radical (unpaired) electrons. The van der Waals surface area contributed by atoms with Gasteiger partial charge in [0, 0.05) is 6.42 Å². The molecule has 1 atom stereocenters. The fraction of sp³-hybridized carbons (Fsp3) is 0.600. The standard InChI is InChI=1S/C10H16N2O2/c1-2-3-4-7-11-8-5-6-9(13)12-10(8)14/h2,8,11H,1,3-7H2,(H,12,13,14). The van der Waals surface area contributed by atoms with E-state index in [2.05, 4.69) is 17.2 Å². The number of carbonyl (C=O) groups is 2. The number of unbranched alkanes of at least 4 members (excludes halogenated alkanes) is 1. The van der Waals surface area contributed by atoms with Gasteiger partial charge in [-0.1, -0.05) is 6.08 Å². The van der Waals surface area contributed by atoms with Crippen molar-refractivity contribution in [3.63, 3.8) is 0 Å². The summed E-state index contributed by atoms with van der Waals surface area (Å²) in [6.45, 7) is 4.41. The van der Waals surface area contributed by atoms with Crippen molar-refractivity contribution in [3.8, 4) is 0 Å². The van der Waals surface area contributed by atoms with Crippen molar-refractivity contribution in [2.45, 2.75) is 31.7 Å². The predicted molar refractivity (Wildman–Crippen MR) is 53.6 cm³/mol. The zero-order valence-corrected chi connectivity index (χ0v) is 8.21. The molecule has 0 spiro atoms. The van der Waals surface area contributed by atoms with Crippen LogP contribution in [0.4, 0.5) is 0 Å². The van der Waals surface area contributed by atoms with E-state index < -0.39 is 0 Å². The Kier molecular flexibility index (Phi) is 4.32. The third-order valence-corrected chi connectivity index (χ3v) is 2.21. The van der Waals surface area contributed by atoms with Gasteiger partial charge in [0.15, 0.2) is 0 Å². The molecule has 0 aromatic carbocycles. The molecule has 1 saturated heterocycles.